The minimum absolute atomic E-state index is 0.225. The summed E-state index contributed by atoms with van der Waals surface area (Å²) in [5.74, 6) is -0.451. The molecule has 0 aromatic heterocycles. The van der Waals surface area contributed by atoms with Gasteiger partial charge in [0, 0.05) is 18.8 Å². The van der Waals surface area contributed by atoms with Gasteiger partial charge in [0.15, 0.2) is 0 Å². The van der Waals surface area contributed by atoms with Crippen molar-refractivity contribution in [2.24, 2.45) is 5.14 Å². The zero-order valence-electron chi connectivity index (χ0n) is 10.8. The number of carbonyl (C=O) groups is 1. The minimum Gasteiger partial charge on any atom is -0.366 e. The Morgan fingerprint density at radius 2 is 2.10 bits per heavy atom. The molecule has 1 fully saturated rings. The number of benzene rings is 1. The average molecular weight is 299 g/mol. The Bertz CT molecular complexity index is 565. The maximum Gasteiger partial charge on any atom is 0.254 e. The van der Waals surface area contributed by atoms with Crippen molar-refractivity contribution in [1.29, 1.82) is 0 Å². The first-order valence-electron chi connectivity index (χ1n) is 6.17. The third kappa shape index (κ3) is 4.57. The molecule has 4 N–H and O–H groups in total. The van der Waals surface area contributed by atoms with Crippen LogP contribution in [0.4, 0.5) is 5.69 Å². The number of ether oxygens (including phenoxy) is 1. The van der Waals surface area contributed by atoms with E-state index < -0.39 is 16.1 Å². The van der Waals surface area contributed by atoms with Gasteiger partial charge >= 0.3 is 0 Å². The van der Waals surface area contributed by atoms with E-state index in [1.54, 1.807) is 24.3 Å². The summed E-state index contributed by atoms with van der Waals surface area (Å²) in [7, 11) is -3.55. The van der Waals surface area contributed by atoms with Crippen molar-refractivity contribution >= 4 is 21.6 Å². The van der Waals surface area contributed by atoms with Crippen molar-refractivity contribution in [3.05, 3.63) is 29.8 Å². The fourth-order valence-corrected chi connectivity index (χ4v) is 2.53. The van der Waals surface area contributed by atoms with Gasteiger partial charge in [-0.1, -0.05) is 12.1 Å². The van der Waals surface area contributed by atoms with Gasteiger partial charge in [0.05, 0.1) is 12.4 Å². The van der Waals surface area contributed by atoms with Crippen molar-refractivity contribution in [1.82, 2.24) is 5.32 Å². The highest BCUT2D eigenvalue weighted by Gasteiger charge is 2.21. The lowest BCUT2D eigenvalue weighted by atomic mass is 10.2. The standard InChI is InChI=1S/C12H17N3O4S/c13-20(17,18)8-9-1-3-10(4-2-9)15-12(16)11-7-14-5-6-19-11/h1-4,11,14H,5-8H2,(H,15,16)(H2,13,17,18). The molecule has 1 unspecified atom stereocenters. The highest BCUT2D eigenvalue weighted by Crippen LogP contribution is 2.12. The van der Waals surface area contributed by atoms with E-state index in [9.17, 15) is 13.2 Å². The molecule has 20 heavy (non-hydrogen) atoms. The second-order valence-corrected chi connectivity index (χ2v) is 6.17. The molecule has 1 saturated heterocycles. The van der Waals surface area contributed by atoms with Crippen molar-refractivity contribution in [2.45, 2.75) is 11.9 Å². The van der Waals surface area contributed by atoms with E-state index in [2.05, 4.69) is 10.6 Å². The number of rotatable bonds is 4. The van der Waals surface area contributed by atoms with Gasteiger partial charge in [0.25, 0.3) is 5.91 Å². The van der Waals surface area contributed by atoms with Crippen molar-refractivity contribution in [3.63, 3.8) is 0 Å². The molecule has 0 saturated carbocycles. The molecular formula is C12H17N3O4S. The molecular weight excluding hydrogens is 282 g/mol. The first kappa shape index (κ1) is 14.9. The summed E-state index contributed by atoms with van der Waals surface area (Å²) in [5.41, 5.74) is 1.16. The zero-order valence-corrected chi connectivity index (χ0v) is 11.7. The summed E-state index contributed by atoms with van der Waals surface area (Å²) in [6, 6.07) is 6.49. The van der Waals surface area contributed by atoms with E-state index >= 15 is 0 Å². The first-order chi connectivity index (χ1) is 9.44. The van der Waals surface area contributed by atoms with Gasteiger partial charge in [-0.15, -0.1) is 0 Å². The molecule has 0 radical (unpaired) electrons. The molecule has 1 amide bonds. The van der Waals surface area contributed by atoms with Gasteiger partial charge in [0.2, 0.25) is 10.0 Å². The van der Waals surface area contributed by atoms with E-state index in [-0.39, 0.29) is 11.7 Å². The van der Waals surface area contributed by atoms with Crippen LogP contribution < -0.4 is 15.8 Å². The highest BCUT2D eigenvalue weighted by atomic mass is 32.2. The molecule has 7 nitrogen and oxygen atoms in total. The molecule has 2 rings (SSSR count). The number of hydrogen-bond donors (Lipinski definition) is 3. The molecule has 0 aliphatic carbocycles. The van der Waals surface area contributed by atoms with E-state index in [0.717, 1.165) is 6.54 Å². The summed E-state index contributed by atoms with van der Waals surface area (Å²) in [6.07, 6.45) is -0.507. The summed E-state index contributed by atoms with van der Waals surface area (Å²) in [6.45, 7) is 1.73. The third-order valence-corrected chi connectivity index (χ3v) is 3.55. The second-order valence-electron chi connectivity index (χ2n) is 4.56. The van der Waals surface area contributed by atoms with Crippen LogP contribution in [0.15, 0.2) is 24.3 Å². The van der Waals surface area contributed by atoms with Crippen LogP contribution >= 0.6 is 0 Å². The number of nitrogens with two attached hydrogens (primary N) is 1. The smallest absolute Gasteiger partial charge is 0.254 e. The Morgan fingerprint density at radius 3 is 2.65 bits per heavy atom. The van der Waals surface area contributed by atoms with Crippen molar-refractivity contribution < 1.29 is 17.9 Å². The normalized spacial score (nSPS) is 19.6. The number of hydrogen-bond acceptors (Lipinski definition) is 5. The second kappa shape index (κ2) is 6.31. The predicted molar refractivity (Wildman–Crippen MR) is 74.5 cm³/mol. The Balaban J connectivity index is 1.94. The third-order valence-electron chi connectivity index (χ3n) is 2.81. The van der Waals surface area contributed by atoms with Crippen LogP contribution in [0.25, 0.3) is 0 Å². The SMILES string of the molecule is NS(=O)(=O)Cc1ccc(NC(=O)C2CNCCO2)cc1. The number of carbonyl (C=O) groups excluding carboxylic acids is 1. The number of amides is 1. The topological polar surface area (TPSA) is 111 Å². The zero-order chi connectivity index (χ0) is 14.6. The molecule has 1 aliphatic heterocycles. The summed E-state index contributed by atoms with van der Waals surface area (Å²) in [4.78, 5) is 11.9. The Morgan fingerprint density at radius 1 is 1.40 bits per heavy atom. The van der Waals surface area contributed by atoms with Gasteiger partial charge in [0.1, 0.15) is 6.10 Å². The Labute approximate surface area is 117 Å². The van der Waals surface area contributed by atoms with Crippen LogP contribution in [0, 0.1) is 0 Å². The van der Waals surface area contributed by atoms with Gasteiger partial charge in [-0.25, -0.2) is 13.6 Å². The fourth-order valence-electron chi connectivity index (χ4n) is 1.87. The monoisotopic (exact) mass is 299 g/mol. The van der Waals surface area contributed by atoms with Crippen molar-refractivity contribution in [3.8, 4) is 0 Å². The summed E-state index contributed by atoms with van der Waals surface area (Å²) >= 11 is 0. The molecule has 0 bridgehead atoms. The van der Waals surface area contributed by atoms with E-state index in [1.807, 2.05) is 0 Å². The maximum absolute atomic E-state index is 11.9. The average Bonchev–Trinajstić information content (AvgIpc) is 2.40. The van der Waals surface area contributed by atoms with Crippen molar-refractivity contribution in [2.75, 3.05) is 25.0 Å². The molecule has 1 aromatic carbocycles. The number of anilines is 1. The van der Waals surface area contributed by atoms with Crippen LogP contribution in [0.5, 0.6) is 0 Å². The minimum atomic E-state index is -3.55. The summed E-state index contributed by atoms with van der Waals surface area (Å²) < 4.78 is 27.2. The number of primary sulfonamides is 1. The largest absolute Gasteiger partial charge is 0.366 e. The van der Waals surface area contributed by atoms with E-state index in [4.69, 9.17) is 9.88 Å². The van der Waals surface area contributed by atoms with Gasteiger partial charge in [-0.2, -0.15) is 0 Å². The van der Waals surface area contributed by atoms with Crippen LogP contribution in [0.3, 0.4) is 0 Å². The molecule has 1 aliphatic rings. The van der Waals surface area contributed by atoms with Crippen LogP contribution in [-0.4, -0.2) is 40.1 Å². The molecule has 0 spiro atoms. The molecule has 1 heterocycles. The highest BCUT2D eigenvalue weighted by molar-refractivity contribution is 7.88. The van der Waals surface area contributed by atoms with Crippen LogP contribution in [0.2, 0.25) is 0 Å². The molecule has 1 atom stereocenters. The lowest BCUT2D eigenvalue weighted by Crippen LogP contribution is -2.45. The number of sulfonamides is 1. The molecule has 1 aromatic rings. The van der Waals surface area contributed by atoms with Gasteiger partial charge < -0.3 is 15.4 Å². The number of morpholine rings is 1. The summed E-state index contributed by atoms with van der Waals surface area (Å²) in [5, 5.41) is 10.7. The lowest BCUT2D eigenvalue weighted by Gasteiger charge is -2.22. The van der Waals surface area contributed by atoms with Crippen LogP contribution in [0.1, 0.15) is 5.56 Å². The van der Waals surface area contributed by atoms with Crippen LogP contribution in [-0.2, 0) is 25.3 Å². The Kier molecular flexibility index (Phi) is 4.71. The molecule has 8 heteroatoms. The maximum atomic E-state index is 11.9. The fraction of sp³-hybridized carbons (Fsp3) is 0.417. The van der Waals surface area contributed by atoms with E-state index in [1.165, 1.54) is 0 Å². The predicted octanol–water partition coefficient (Wildman–Crippen LogP) is -0.598. The van der Waals surface area contributed by atoms with Gasteiger partial charge in [-0.3, -0.25) is 4.79 Å². The Hall–Kier alpha value is -1.48. The molecule has 110 valence electrons. The first-order valence-corrected chi connectivity index (χ1v) is 7.88. The number of nitrogens with one attached hydrogen (secondary N) is 2. The van der Waals surface area contributed by atoms with E-state index in [0.29, 0.717) is 24.4 Å². The lowest BCUT2D eigenvalue weighted by molar-refractivity contribution is -0.128. The quantitative estimate of drug-likeness (QED) is 0.688. The van der Waals surface area contributed by atoms with Gasteiger partial charge in [-0.05, 0) is 17.7 Å².